The molecule has 2 aromatic rings. The molecule has 0 spiro atoms. The molecular formula is C20H22N4O3. The van der Waals surface area contributed by atoms with E-state index in [0.717, 1.165) is 11.3 Å². The molecule has 27 heavy (non-hydrogen) atoms. The lowest BCUT2D eigenvalue weighted by atomic mass is 10.2. The maximum Gasteiger partial charge on any atom is 0.235 e. The van der Waals surface area contributed by atoms with E-state index in [1.807, 2.05) is 47.1 Å². The Morgan fingerprint density at radius 1 is 1.33 bits per heavy atom. The molecule has 1 aromatic carbocycles. The van der Waals surface area contributed by atoms with Crippen molar-refractivity contribution in [2.75, 3.05) is 38.2 Å². The van der Waals surface area contributed by atoms with Crippen LogP contribution in [0.1, 0.15) is 30.5 Å². The molecular weight excluding hydrogens is 344 g/mol. The highest BCUT2D eigenvalue weighted by Gasteiger charge is 2.25. The van der Waals surface area contributed by atoms with E-state index in [0.29, 0.717) is 44.4 Å². The van der Waals surface area contributed by atoms with E-state index in [2.05, 4.69) is 11.1 Å². The van der Waals surface area contributed by atoms with E-state index in [9.17, 15) is 10.1 Å². The van der Waals surface area contributed by atoms with E-state index in [1.165, 1.54) is 0 Å². The predicted molar refractivity (Wildman–Crippen MR) is 102 cm³/mol. The number of anilines is 1. The monoisotopic (exact) mass is 366 g/mol. The van der Waals surface area contributed by atoms with Gasteiger partial charge in [0.2, 0.25) is 23.4 Å². The zero-order valence-electron chi connectivity index (χ0n) is 15.5. The number of benzene rings is 1. The average Bonchev–Trinajstić information content (AvgIpc) is 3.15. The number of carbonyl (C=O) groups is 1. The summed E-state index contributed by atoms with van der Waals surface area (Å²) < 4.78 is 11.0. The first-order valence-corrected chi connectivity index (χ1v) is 8.90. The van der Waals surface area contributed by atoms with Gasteiger partial charge in [-0.2, -0.15) is 10.2 Å². The van der Waals surface area contributed by atoms with Crippen LogP contribution in [-0.4, -0.2) is 49.1 Å². The van der Waals surface area contributed by atoms with Gasteiger partial charge in [-0.1, -0.05) is 19.1 Å². The maximum absolute atomic E-state index is 11.8. The largest absolute Gasteiger partial charge is 0.497 e. The van der Waals surface area contributed by atoms with Crippen molar-refractivity contribution in [3.63, 3.8) is 0 Å². The van der Waals surface area contributed by atoms with Crippen LogP contribution in [0.2, 0.25) is 0 Å². The van der Waals surface area contributed by atoms with Gasteiger partial charge >= 0.3 is 0 Å². The van der Waals surface area contributed by atoms with Gasteiger partial charge in [0.15, 0.2) is 0 Å². The van der Waals surface area contributed by atoms with Crippen molar-refractivity contribution >= 4 is 23.9 Å². The number of aromatic nitrogens is 1. The molecule has 1 fully saturated rings. The molecule has 2 heterocycles. The second-order valence-corrected chi connectivity index (χ2v) is 6.15. The third kappa shape index (κ3) is 4.29. The van der Waals surface area contributed by atoms with Crippen LogP contribution < -0.4 is 9.64 Å². The van der Waals surface area contributed by atoms with Gasteiger partial charge in [-0.25, -0.2) is 0 Å². The van der Waals surface area contributed by atoms with Crippen LogP contribution in [0.25, 0.3) is 12.2 Å². The van der Waals surface area contributed by atoms with E-state index in [1.54, 1.807) is 13.2 Å². The smallest absolute Gasteiger partial charge is 0.235 e. The Bertz CT molecular complexity index is 874. The summed E-state index contributed by atoms with van der Waals surface area (Å²) in [5.74, 6) is 1.75. The first kappa shape index (κ1) is 18.5. The molecule has 1 saturated heterocycles. The highest BCUT2D eigenvalue weighted by molar-refractivity contribution is 5.76. The SMILES string of the molecule is CCC(=O)N1CCN(c2oc(/C=C/c3cccc(OC)c3)nc2C#N)CC1. The molecule has 0 bridgehead atoms. The number of carbonyl (C=O) groups excluding carboxylic acids is 1. The van der Waals surface area contributed by atoms with Gasteiger partial charge in [-0.05, 0) is 23.8 Å². The van der Waals surface area contributed by atoms with Crippen molar-refractivity contribution in [2.45, 2.75) is 13.3 Å². The number of hydrogen-bond donors (Lipinski definition) is 0. The van der Waals surface area contributed by atoms with Crippen molar-refractivity contribution in [3.05, 3.63) is 41.4 Å². The molecule has 3 rings (SSSR count). The molecule has 0 radical (unpaired) electrons. The number of nitriles is 1. The molecule has 1 aromatic heterocycles. The fraction of sp³-hybridized carbons (Fsp3) is 0.350. The molecule has 0 atom stereocenters. The van der Waals surface area contributed by atoms with Crippen LogP contribution in [0.3, 0.4) is 0 Å². The Hall–Kier alpha value is -3.27. The van der Waals surface area contributed by atoms with Crippen LogP contribution in [0.15, 0.2) is 28.7 Å². The number of hydrogen-bond acceptors (Lipinski definition) is 6. The first-order valence-electron chi connectivity index (χ1n) is 8.90. The van der Waals surface area contributed by atoms with Crippen LogP contribution in [0, 0.1) is 11.3 Å². The van der Waals surface area contributed by atoms with E-state index >= 15 is 0 Å². The average molecular weight is 366 g/mol. The van der Waals surface area contributed by atoms with E-state index < -0.39 is 0 Å². The molecule has 0 N–H and O–H groups in total. The van der Waals surface area contributed by atoms with Gasteiger partial charge in [0.05, 0.1) is 7.11 Å². The maximum atomic E-state index is 11.8. The quantitative estimate of drug-likeness (QED) is 0.809. The van der Waals surface area contributed by atoms with Crippen molar-refractivity contribution in [1.82, 2.24) is 9.88 Å². The van der Waals surface area contributed by atoms with Crippen LogP contribution in [0.5, 0.6) is 5.75 Å². The molecule has 0 aliphatic carbocycles. The highest BCUT2D eigenvalue weighted by Crippen LogP contribution is 2.24. The summed E-state index contributed by atoms with van der Waals surface area (Å²) in [6.45, 7) is 4.34. The Morgan fingerprint density at radius 2 is 2.11 bits per heavy atom. The minimum absolute atomic E-state index is 0.148. The Balaban J connectivity index is 1.73. The van der Waals surface area contributed by atoms with Gasteiger partial charge in [0.25, 0.3) is 0 Å². The highest BCUT2D eigenvalue weighted by atomic mass is 16.5. The van der Waals surface area contributed by atoms with Gasteiger partial charge in [0.1, 0.15) is 11.8 Å². The lowest BCUT2D eigenvalue weighted by Gasteiger charge is -2.34. The van der Waals surface area contributed by atoms with Gasteiger partial charge in [0, 0.05) is 38.7 Å². The molecule has 7 nitrogen and oxygen atoms in total. The molecule has 0 saturated carbocycles. The normalized spacial score (nSPS) is 14.4. The van der Waals surface area contributed by atoms with Crippen LogP contribution in [-0.2, 0) is 4.79 Å². The minimum atomic E-state index is 0.148. The van der Waals surface area contributed by atoms with Crippen molar-refractivity contribution in [3.8, 4) is 11.8 Å². The molecule has 140 valence electrons. The van der Waals surface area contributed by atoms with Crippen molar-refractivity contribution in [1.29, 1.82) is 5.26 Å². The minimum Gasteiger partial charge on any atom is -0.497 e. The zero-order valence-corrected chi connectivity index (χ0v) is 15.5. The van der Waals surface area contributed by atoms with Crippen LogP contribution >= 0.6 is 0 Å². The van der Waals surface area contributed by atoms with Gasteiger partial charge in [-0.3, -0.25) is 4.79 Å². The third-order valence-corrected chi connectivity index (χ3v) is 4.47. The topological polar surface area (TPSA) is 82.6 Å². The molecule has 1 aliphatic rings. The fourth-order valence-electron chi connectivity index (χ4n) is 2.98. The standard InChI is InChI=1S/C20H22N4O3/c1-3-19(25)23-9-11-24(12-10-23)20-17(14-21)22-18(27-20)8-7-15-5-4-6-16(13-15)26-2/h4-8,13H,3,9-12H2,1-2H3/b8-7+. The summed E-state index contributed by atoms with van der Waals surface area (Å²) in [5.41, 5.74) is 1.20. The Labute approximate surface area is 158 Å². The lowest BCUT2D eigenvalue weighted by molar-refractivity contribution is -0.131. The third-order valence-electron chi connectivity index (χ3n) is 4.47. The number of piperazine rings is 1. The molecule has 7 heteroatoms. The Morgan fingerprint density at radius 3 is 2.78 bits per heavy atom. The predicted octanol–water partition coefficient (Wildman–Crippen LogP) is 2.78. The number of amides is 1. The number of ether oxygens (including phenoxy) is 1. The summed E-state index contributed by atoms with van der Waals surface area (Å²) in [6.07, 6.45) is 4.10. The van der Waals surface area contributed by atoms with Gasteiger partial charge in [-0.15, -0.1) is 0 Å². The Kier molecular flexibility index (Phi) is 5.77. The fourth-order valence-corrected chi connectivity index (χ4v) is 2.98. The zero-order chi connectivity index (χ0) is 19.2. The lowest BCUT2D eigenvalue weighted by Crippen LogP contribution is -2.48. The van der Waals surface area contributed by atoms with Crippen molar-refractivity contribution in [2.24, 2.45) is 0 Å². The first-order chi connectivity index (χ1) is 13.1. The van der Waals surface area contributed by atoms with Gasteiger partial charge < -0.3 is 19.0 Å². The number of oxazole rings is 1. The molecule has 0 unspecified atom stereocenters. The summed E-state index contributed by atoms with van der Waals surface area (Å²) in [4.78, 5) is 19.9. The summed E-state index contributed by atoms with van der Waals surface area (Å²) in [5, 5.41) is 9.39. The number of nitrogens with zero attached hydrogens (tertiary/aromatic N) is 4. The molecule has 1 amide bonds. The van der Waals surface area contributed by atoms with Crippen LogP contribution in [0.4, 0.5) is 5.88 Å². The summed E-state index contributed by atoms with van der Waals surface area (Å²) in [6, 6.07) is 9.71. The number of methoxy groups -OCH3 is 1. The summed E-state index contributed by atoms with van der Waals surface area (Å²) >= 11 is 0. The molecule has 1 aliphatic heterocycles. The number of rotatable bonds is 5. The second-order valence-electron chi connectivity index (χ2n) is 6.15. The summed E-state index contributed by atoms with van der Waals surface area (Å²) in [7, 11) is 1.62. The van der Waals surface area contributed by atoms with E-state index in [4.69, 9.17) is 9.15 Å². The second kappa shape index (κ2) is 8.41. The van der Waals surface area contributed by atoms with Crippen molar-refractivity contribution < 1.29 is 13.9 Å². The van der Waals surface area contributed by atoms with E-state index in [-0.39, 0.29) is 11.6 Å².